The standard InChI is InChI=1S/C18H18N2O5/c21-18(13-4-2-1-3-5-13)14-6-7-16(17(10-14)20(22)23)19-11-15-12-24-8-9-25-15/h1-7,10,15,19H,8-9,11-12H2/t15-/m1/s1. The fourth-order valence-corrected chi connectivity index (χ4v) is 2.61. The van der Waals surface area contributed by atoms with Crippen LogP contribution in [-0.4, -0.2) is 43.2 Å². The number of ketones is 1. The first-order valence-electron chi connectivity index (χ1n) is 7.96. The summed E-state index contributed by atoms with van der Waals surface area (Å²) in [4.78, 5) is 23.3. The van der Waals surface area contributed by atoms with E-state index in [1.165, 1.54) is 6.07 Å². The first kappa shape index (κ1) is 17.1. The Kier molecular flexibility index (Phi) is 5.37. The third-order valence-corrected chi connectivity index (χ3v) is 3.90. The number of carbonyl (C=O) groups excluding carboxylic acids is 1. The zero-order chi connectivity index (χ0) is 17.6. The number of nitro benzene ring substituents is 1. The first-order valence-corrected chi connectivity index (χ1v) is 7.96. The van der Waals surface area contributed by atoms with E-state index in [2.05, 4.69) is 5.32 Å². The van der Waals surface area contributed by atoms with E-state index in [9.17, 15) is 14.9 Å². The van der Waals surface area contributed by atoms with Crippen molar-refractivity contribution in [2.24, 2.45) is 0 Å². The molecule has 1 aliphatic rings. The van der Waals surface area contributed by atoms with E-state index >= 15 is 0 Å². The number of nitro groups is 1. The van der Waals surface area contributed by atoms with E-state index in [1.807, 2.05) is 6.07 Å². The fourth-order valence-electron chi connectivity index (χ4n) is 2.61. The maximum atomic E-state index is 12.5. The lowest BCUT2D eigenvalue weighted by atomic mass is 10.0. The minimum Gasteiger partial charge on any atom is -0.377 e. The largest absolute Gasteiger partial charge is 0.377 e. The number of hydrogen-bond donors (Lipinski definition) is 1. The summed E-state index contributed by atoms with van der Waals surface area (Å²) in [6, 6.07) is 13.1. The molecule has 0 bridgehead atoms. The Morgan fingerprint density at radius 2 is 1.96 bits per heavy atom. The molecule has 3 rings (SSSR count). The van der Waals surface area contributed by atoms with Crippen LogP contribution in [0.15, 0.2) is 48.5 Å². The van der Waals surface area contributed by atoms with Gasteiger partial charge in [0.05, 0.1) is 30.8 Å². The molecule has 1 heterocycles. The van der Waals surface area contributed by atoms with Crippen molar-refractivity contribution >= 4 is 17.2 Å². The highest BCUT2D eigenvalue weighted by molar-refractivity contribution is 6.09. The van der Waals surface area contributed by atoms with Crippen molar-refractivity contribution < 1.29 is 19.2 Å². The highest BCUT2D eigenvalue weighted by Gasteiger charge is 2.20. The van der Waals surface area contributed by atoms with Crippen LogP contribution in [-0.2, 0) is 9.47 Å². The van der Waals surface area contributed by atoms with Crippen LogP contribution in [0.3, 0.4) is 0 Å². The van der Waals surface area contributed by atoms with Crippen LogP contribution in [0, 0.1) is 10.1 Å². The van der Waals surface area contributed by atoms with E-state index in [0.29, 0.717) is 37.6 Å². The molecule has 0 saturated carbocycles. The maximum Gasteiger partial charge on any atom is 0.293 e. The Bertz CT molecular complexity index is 757. The highest BCUT2D eigenvalue weighted by atomic mass is 16.6. The van der Waals surface area contributed by atoms with Gasteiger partial charge in [-0.25, -0.2) is 0 Å². The van der Waals surface area contributed by atoms with E-state index < -0.39 is 4.92 Å². The Hall–Kier alpha value is -2.77. The summed E-state index contributed by atoms with van der Waals surface area (Å²) in [5.74, 6) is -0.251. The van der Waals surface area contributed by atoms with Crippen molar-refractivity contribution in [3.63, 3.8) is 0 Å². The monoisotopic (exact) mass is 342 g/mol. The van der Waals surface area contributed by atoms with Crippen LogP contribution < -0.4 is 5.32 Å². The van der Waals surface area contributed by atoms with Gasteiger partial charge in [0.2, 0.25) is 0 Å². The zero-order valence-corrected chi connectivity index (χ0v) is 13.5. The molecule has 1 atom stereocenters. The lowest BCUT2D eigenvalue weighted by molar-refractivity contribution is -0.384. The minimum absolute atomic E-state index is 0.140. The summed E-state index contributed by atoms with van der Waals surface area (Å²) in [6.07, 6.45) is -0.154. The van der Waals surface area contributed by atoms with Gasteiger partial charge in [0.1, 0.15) is 5.69 Å². The van der Waals surface area contributed by atoms with Crippen molar-refractivity contribution in [2.45, 2.75) is 6.10 Å². The van der Waals surface area contributed by atoms with Crippen molar-refractivity contribution in [3.8, 4) is 0 Å². The number of carbonyl (C=O) groups is 1. The zero-order valence-electron chi connectivity index (χ0n) is 13.5. The van der Waals surface area contributed by atoms with Gasteiger partial charge in [0.15, 0.2) is 5.78 Å². The molecule has 1 aliphatic heterocycles. The summed E-state index contributed by atoms with van der Waals surface area (Å²) >= 11 is 0. The molecular weight excluding hydrogens is 324 g/mol. The quantitative estimate of drug-likeness (QED) is 0.493. The van der Waals surface area contributed by atoms with Gasteiger partial charge in [0.25, 0.3) is 5.69 Å². The van der Waals surface area contributed by atoms with E-state index in [-0.39, 0.29) is 23.1 Å². The molecule has 0 radical (unpaired) electrons. The van der Waals surface area contributed by atoms with Crippen LogP contribution in [0.25, 0.3) is 0 Å². The van der Waals surface area contributed by atoms with Crippen LogP contribution in [0.4, 0.5) is 11.4 Å². The van der Waals surface area contributed by atoms with E-state index in [4.69, 9.17) is 9.47 Å². The average molecular weight is 342 g/mol. The molecule has 0 aliphatic carbocycles. The number of hydrogen-bond acceptors (Lipinski definition) is 6. The predicted molar refractivity (Wildman–Crippen MR) is 92.0 cm³/mol. The van der Waals surface area contributed by atoms with Crippen LogP contribution in [0.1, 0.15) is 15.9 Å². The van der Waals surface area contributed by atoms with Crippen LogP contribution in [0.5, 0.6) is 0 Å². The van der Waals surface area contributed by atoms with Gasteiger partial charge in [0, 0.05) is 23.7 Å². The van der Waals surface area contributed by atoms with Crippen LogP contribution >= 0.6 is 0 Å². The smallest absolute Gasteiger partial charge is 0.293 e. The molecule has 2 aromatic carbocycles. The molecule has 0 amide bonds. The third kappa shape index (κ3) is 4.20. The molecule has 130 valence electrons. The summed E-state index contributed by atoms with van der Waals surface area (Å²) in [5, 5.41) is 14.4. The molecule has 0 unspecified atom stereocenters. The number of nitrogens with one attached hydrogen (secondary N) is 1. The van der Waals surface area contributed by atoms with Gasteiger partial charge in [-0.2, -0.15) is 0 Å². The lowest BCUT2D eigenvalue weighted by Crippen LogP contribution is -2.34. The first-order chi connectivity index (χ1) is 12.1. The number of benzene rings is 2. The normalized spacial score (nSPS) is 17.0. The number of anilines is 1. The molecule has 25 heavy (non-hydrogen) atoms. The molecule has 0 aromatic heterocycles. The van der Waals surface area contributed by atoms with Crippen molar-refractivity contribution in [3.05, 3.63) is 69.8 Å². The SMILES string of the molecule is O=C(c1ccccc1)c1ccc(NC[C@@H]2COCCO2)c([N+](=O)[O-])c1. The molecule has 1 N–H and O–H groups in total. The van der Waals surface area contributed by atoms with Gasteiger partial charge in [-0.3, -0.25) is 14.9 Å². The fraction of sp³-hybridized carbons (Fsp3) is 0.278. The molecule has 7 nitrogen and oxygen atoms in total. The van der Waals surface area contributed by atoms with Gasteiger partial charge in [-0.05, 0) is 12.1 Å². The van der Waals surface area contributed by atoms with Gasteiger partial charge in [-0.1, -0.05) is 30.3 Å². The Morgan fingerprint density at radius 3 is 2.64 bits per heavy atom. The van der Waals surface area contributed by atoms with Gasteiger partial charge >= 0.3 is 0 Å². The average Bonchev–Trinajstić information content (AvgIpc) is 2.67. The second-order valence-electron chi connectivity index (χ2n) is 5.63. The second kappa shape index (κ2) is 7.87. The number of nitrogens with zero attached hydrogens (tertiary/aromatic N) is 1. The number of ether oxygens (including phenoxy) is 2. The molecule has 0 spiro atoms. The van der Waals surface area contributed by atoms with Crippen molar-refractivity contribution in [1.29, 1.82) is 0 Å². The van der Waals surface area contributed by atoms with Crippen LogP contribution in [0.2, 0.25) is 0 Å². The molecule has 1 fully saturated rings. The Balaban J connectivity index is 1.78. The minimum atomic E-state index is -0.498. The lowest BCUT2D eigenvalue weighted by Gasteiger charge is -2.23. The summed E-state index contributed by atoms with van der Waals surface area (Å²) < 4.78 is 10.8. The topological polar surface area (TPSA) is 90.7 Å². The van der Waals surface area contributed by atoms with Gasteiger partial charge in [-0.15, -0.1) is 0 Å². The van der Waals surface area contributed by atoms with Crippen molar-refractivity contribution in [1.82, 2.24) is 0 Å². The van der Waals surface area contributed by atoms with Crippen molar-refractivity contribution in [2.75, 3.05) is 31.7 Å². The van der Waals surface area contributed by atoms with Gasteiger partial charge < -0.3 is 14.8 Å². The summed E-state index contributed by atoms with van der Waals surface area (Å²) in [6.45, 7) is 1.92. The Morgan fingerprint density at radius 1 is 1.16 bits per heavy atom. The van der Waals surface area contributed by atoms with E-state index in [0.717, 1.165) is 0 Å². The maximum absolute atomic E-state index is 12.5. The molecular formula is C18H18N2O5. The third-order valence-electron chi connectivity index (χ3n) is 3.90. The molecule has 7 heteroatoms. The second-order valence-corrected chi connectivity index (χ2v) is 5.63. The highest BCUT2D eigenvalue weighted by Crippen LogP contribution is 2.27. The summed E-state index contributed by atoms with van der Waals surface area (Å²) in [5.41, 5.74) is 0.980. The number of rotatable bonds is 6. The Labute approximate surface area is 144 Å². The summed E-state index contributed by atoms with van der Waals surface area (Å²) in [7, 11) is 0. The molecule has 2 aromatic rings. The predicted octanol–water partition coefficient (Wildman–Crippen LogP) is 2.65. The van der Waals surface area contributed by atoms with E-state index in [1.54, 1.807) is 36.4 Å². The molecule has 1 saturated heterocycles.